The zero-order chi connectivity index (χ0) is 12.6. The van der Waals surface area contributed by atoms with Gasteiger partial charge in [-0.1, -0.05) is 0 Å². The summed E-state index contributed by atoms with van der Waals surface area (Å²) in [6.45, 7) is 3.02. The Morgan fingerprint density at radius 2 is 1.94 bits per heavy atom. The molecule has 94 valence electrons. The molecular formula is C9H19N3O4. The molecule has 0 aromatic rings. The molecule has 0 aliphatic rings. The first-order chi connectivity index (χ1) is 7.43. The molecule has 0 aromatic heterocycles. The van der Waals surface area contributed by atoms with Crippen LogP contribution in [0.15, 0.2) is 0 Å². The summed E-state index contributed by atoms with van der Waals surface area (Å²) < 4.78 is 0. The molecule has 0 rings (SSSR count). The van der Waals surface area contributed by atoms with E-state index in [2.05, 4.69) is 10.6 Å². The van der Waals surface area contributed by atoms with Gasteiger partial charge >= 0.3 is 11.9 Å². The van der Waals surface area contributed by atoms with Gasteiger partial charge in [-0.2, -0.15) is 0 Å². The summed E-state index contributed by atoms with van der Waals surface area (Å²) in [5.74, 6) is -1.89. The molecule has 0 aliphatic carbocycles. The van der Waals surface area contributed by atoms with Crippen molar-refractivity contribution in [3.8, 4) is 0 Å². The second-order valence-electron chi connectivity index (χ2n) is 3.60. The highest BCUT2D eigenvalue weighted by Crippen LogP contribution is 1.83. The lowest BCUT2D eigenvalue weighted by molar-refractivity contribution is -0.138. The molecule has 0 saturated carbocycles. The van der Waals surface area contributed by atoms with E-state index in [4.69, 9.17) is 15.9 Å². The fourth-order valence-corrected chi connectivity index (χ4v) is 1.00. The van der Waals surface area contributed by atoms with Gasteiger partial charge in [0, 0.05) is 25.7 Å². The summed E-state index contributed by atoms with van der Waals surface area (Å²) >= 11 is 0. The van der Waals surface area contributed by atoms with Gasteiger partial charge < -0.3 is 26.6 Å². The summed E-state index contributed by atoms with van der Waals surface area (Å²) in [5, 5.41) is 22.8. The predicted molar refractivity (Wildman–Crippen MR) is 58.2 cm³/mol. The lowest BCUT2D eigenvalue weighted by atomic mass is 10.2. The zero-order valence-corrected chi connectivity index (χ0v) is 9.27. The van der Waals surface area contributed by atoms with Crippen LogP contribution in [0.4, 0.5) is 0 Å². The fraction of sp³-hybridized carbons (Fsp3) is 0.778. The van der Waals surface area contributed by atoms with Crippen molar-refractivity contribution in [2.75, 3.05) is 19.6 Å². The van der Waals surface area contributed by atoms with Gasteiger partial charge in [-0.15, -0.1) is 0 Å². The maximum atomic E-state index is 10.4. The van der Waals surface area contributed by atoms with E-state index in [-0.39, 0.29) is 19.0 Å². The Kier molecular flexibility index (Phi) is 7.44. The van der Waals surface area contributed by atoms with Crippen LogP contribution in [0.1, 0.15) is 13.3 Å². The smallest absolute Gasteiger partial charge is 0.321 e. The van der Waals surface area contributed by atoms with Gasteiger partial charge in [0.15, 0.2) is 0 Å². The Bertz CT molecular complexity index is 235. The first-order valence-electron chi connectivity index (χ1n) is 5.07. The highest BCUT2D eigenvalue weighted by molar-refractivity contribution is 5.73. The van der Waals surface area contributed by atoms with Gasteiger partial charge in [-0.25, -0.2) is 0 Å². The lowest BCUT2D eigenvalue weighted by Gasteiger charge is -2.15. The molecule has 6 N–H and O–H groups in total. The Morgan fingerprint density at radius 3 is 2.44 bits per heavy atom. The van der Waals surface area contributed by atoms with Crippen LogP contribution in [0.25, 0.3) is 0 Å². The normalized spacial score (nSPS) is 14.4. The van der Waals surface area contributed by atoms with Crippen molar-refractivity contribution in [3.05, 3.63) is 0 Å². The maximum Gasteiger partial charge on any atom is 0.321 e. The van der Waals surface area contributed by atoms with E-state index in [9.17, 15) is 9.59 Å². The van der Waals surface area contributed by atoms with Gasteiger partial charge in [-0.05, 0) is 6.92 Å². The Morgan fingerprint density at radius 1 is 1.31 bits per heavy atom. The van der Waals surface area contributed by atoms with Crippen molar-refractivity contribution in [2.24, 2.45) is 5.73 Å². The monoisotopic (exact) mass is 233 g/mol. The number of carboxylic acid groups (broad SMARTS) is 2. The molecule has 0 fully saturated rings. The summed E-state index contributed by atoms with van der Waals surface area (Å²) in [5.41, 5.74) is 5.30. The third-order valence-corrected chi connectivity index (χ3v) is 1.97. The third-order valence-electron chi connectivity index (χ3n) is 1.97. The molecule has 0 unspecified atom stereocenters. The van der Waals surface area contributed by atoms with E-state index in [0.29, 0.717) is 13.1 Å². The number of nitrogens with two attached hydrogens (primary N) is 1. The zero-order valence-electron chi connectivity index (χ0n) is 9.27. The van der Waals surface area contributed by atoms with E-state index in [1.165, 1.54) is 0 Å². The van der Waals surface area contributed by atoms with E-state index < -0.39 is 18.0 Å². The first-order valence-corrected chi connectivity index (χ1v) is 5.07. The minimum Gasteiger partial charge on any atom is -0.481 e. The number of carboxylic acids is 2. The summed E-state index contributed by atoms with van der Waals surface area (Å²) in [7, 11) is 0. The van der Waals surface area contributed by atoms with Crippen LogP contribution < -0.4 is 16.4 Å². The van der Waals surface area contributed by atoms with Crippen LogP contribution in [0, 0.1) is 0 Å². The van der Waals surface area contributed by atoms with Gasteiger partial charge in [0.1, 0.15) is 6.04 Å². The predicted octanol–water partition coefficient (Wildman–Crippen LogP) is -1.56. The third kappa shape index (κ3) is 8.16. The Labute approximate surface area is 94.0 Å². The molecule has 2 atom stereocenters. The molecule has 7 nitrogen and oxygen atoms in total. The molecule has 0 radical (unpaired) electrons. The number of nitrogens with one attached hydrogen (secondary N) is 2. The molecule has 0 heterocycles. The van der Waals surface area contributed by atoms with Crippen molar-refractivity contribution < 1.29 is 19.8 Å². The van der Waals surface area contributed by atoms with Crippen LogP contribution in [0.2, 0.25) is 0 Å². The minimum atomic E-state index is -1.04. The highest BCUT2D eigenvalue weighted by atomic mass is 16.4. The maximum absolute atomic E-state index is 10.4. The fourth-order valence-electron chi connectivity index (χ4n) is 1.00. The molecule has 16 heavy (non-hydrogen) atoms. The van der Waals surface area contributed by atoms with Crippen LogP contribution in [-0.4, -0.2) is 53.9 Å². The van der Waals surface area contributed by atoms with Crippen LogP contribution in [-0.2, 0) is 9.59 Å². The van der Waals surface area contributed by atoms with Gasteiger partial charge in [0.25, 0.3) is 0 Å². The standard InChI is InChI=1S/C9H19N3O4/c1-6(4-11-3-2-8(13)14)12-5-7(10)9(15)16/h6-7,11-12H,2-5,10H2,1H3,(H,13,14)(H,15,16)/t6-,7+/m0/s1. The van der Waals surface area contributed by atoms with Crippen LogP contribution >= 0.6 is 0 Å². The van der Waals surface area contributed by atoms with Crippen molar-refractivity contribution in [3.63, 3.8) is 0 Å². The lowest BCUT2D eigenvalue weighted by Crippen LogP contribution is -2.46. The van der Waals surface area contributed by atoms with Crippen molar-refractivity contribution in [1.82, 2.24) is 10.6 Å². The summed E-state index contributed by atoms with van der Waals surface area (Å²) in [6, 6.07) is -0.874. The Balaban J connectivity index is 3.48. The van der Waals surface area contributed by atoms with Crippen LogP contribution in [0.3, 0.4) is 0 Å². The van der Waals surface area contributed by atoms with Crippen molar-refractivity contribution in [2.45, 2.75) is 25.4 Å². The minimum absolute atomic E-state index is 0.0409. The van der Waals surface area contributed by atoms with Gasteiger partial charge in [0.2, 0.25) is 0 Å². The number of hydrogen-bond donors (Lipinski definition) is 5. The van der Waals surface area contributed by atoms with Crippen molar-refractivity contribution >= 4 is 11.9 Å². The molecule has 0 amide bonds. The van der Waals surface area contributed by atoms with Gasteiger partial charge in [0.05, 0.1) is 6.42 Å². The second-order valence-corrected chi connectivity index (χ2v) is 3.60. The Hall–Kier alpha value is -1.18. The molecule has 0 aliphatic heterocycles. The van der Waals surface area contributed by atoms with Crippen molar-refractivity contribution in [1.29, 1.82) is 0 Å². The molecule has 0 saturated heterocycles. The van der Waals surface area contributed by atoms with E-state index in [1.54, 1.807) is 0 Å². The molecule has 0 spiro atoms. The molecule has 0 aromatic carbocycles. The molecule has 7 heteroatoms. The summed E-state index contributed by atoms with van der Waals surface area (Å²) in [6.07, 6.45) is 0.0708. The molecule has 0 bridgehead atoms. The summed E-state index contributed by atoms with van der Waals surface area (Å²) in [4.78, 5) is 20.6. The second kappa shape index (κ2) is 8.03. The molecular weight excluding hydrogens is 214 g/mol. The number of aliphatic carboxylic acids is 2. The number of hydrogen-bond acceptors (Lipinski definition) is 5. The first kappa shape index (κ1) is 14.8. The van der Waals surface area contributed by atoms with Gasteiger partial charge in [-0.3, -0.25) is 9.59 Å². The van der Waals surface area contributed by atoms with E-state index >= 15 is 0 Å². The topological polar surface area (TPSA) is 125 Å². The average molecular weight is 233 g/mol. The SMILES string of the molecule is C[C@@H](CNCCC(=O)O)NC[C@@H](N)C(=O)O. The highest BCUT2D eigenvalue weighted by Gasteiger charge is 2.11. The van der Waals surface area contributed by atoms with E-state index in [1.807, 2.05) is 6.92 Å². The van der Waals surface area contributed by atoms with Crippen LogP contribution in [0.5, 0.6) is 0 Å². The largest absolute Gasteiger partial charge is 0.481 e. The number of rotatable bonds is 9. The average Bonchev–Trinajstić information content (AvgIpc) is 2.20. The van der Waals surface area contributed by atoms with E-state index in [0.717, 1.165) is 0 Å². The quantitative estimate of drug-likeness (QED) is 0.305. The number of carbonyl (C=O) groups is 2.